The molecule has 3 aromatic rings. The standard InChI is InChI=1S/C15H14FN5/c1-11-2-4-12(5-3-11)9-17-15-8-13(6-7-14(15)16)21-10-18-19-20-21/h2-8,10,17H,9H2,1H3. The predicted molar refractivity (Wildman–Crippen MR) is 77.6 cm³/mol. The second-order valence-corrected chi connectivity index (χ2v) is 4.76. The molecule has 5 nitrogen and oxygen atoms in total. The van der Waals surface area contributed by atoms with Gasteiger partial charge >= 0.3 is 0 Å². The number of tetrazole rings is 1. The van der Waals surface area contributed by atoms with E-state index in [1.807, 2.05) is 31.2 Å². The van der Waals surface area contributed by atoms with Crippen molar-refractivity contribution in [1.82, 2.24) is 20.2 Å². The summed E-state index contributed by atoms with van der Waals surface area (Å²) in [6.07, 6.45) is 1.47. The van der Waals surface area contributed by atoms with Crippen molar-refractivity contribution >= 4 is 5.69 Å². The van der Waals surface area contributed by atoms with Gasteiger partial charge in [-0.1, -0.05) is 29.8 Å². The molecular formula is C15H14FN5. The highest BCUT2D eigenvalue weighted by Crippen LogP contribution is 2.19. The van der Waals surface area contributed by atoms with E-state index in [-0.39, 0.29) is 5.82 Å². The Morgan fingerprint density at radius 1 is 1.14 bits per heavy atom. The Morgan fingerprint density at radius 2 is 1.95 bits per heavy atom. The van der Waals surface area contributed by atoms with Gasteiger partial charge < -0.3 is 5.32 Å². The van der Waals surface area contributed by atoms with Crippen LogP contribution in [0.4, 0.5) is 10.1 Å². The zero-order chi connectivity index (χ0) is 14.7. The van der Waals surface area contributed by atoms with Crippen LogP contribution in [-0.4, -0.2) is 20.2 Å². The summed E-state index contributed by atoms with van der Waals surface area (Å²) in [6, 6.07) is 12.8. The van der Waals surface area contributed by atoms with Gasteiger partial charge in [0.1, 0.15) is 12.1 Å². The number of anilines is 1. The zero-order valence-corrected chi connectivity index (χ0v) is 11.5. The van der Waals surface area contributed by atoms with Gasteiger partial charge in [-0.2, -0.15) is 0 Å². The van der Waals surface area contributed by atoms with Crippen LogP contribution < -0.4 is 5.32 Å². The number of benzene rings is 2. The maximum absolute atomic E-state index is 13.9. The molecule has 2 aromatic carbocycles. The number of nitrogens with one attached hydrogen (secondary N) is 1. The second-order valence-electron chi connectivity index (χ2n) is 4.76. The lowest BCUT2D eigenvalue weighted by Crippen LogP contribution is -2.03. The SMILES string of the molecule is Cc1ccc(CNc2cc(-n3cnnn3)ccc2F)cc1. The number of halogens is 1. The van der Waals surface area contributed by atoms with Crippen LogP contribution in [0.2, 0.25) is 0 Å². The van der Waals surface area contributed by atoms with E-state index < -0.39 is 0 Å². The molecule has 0 aliphatic heterocycles. The van der Waals surface area contributed by atoms with Gasteiger partial charge in [0, 0.05) is 6.54 Å². The van der Waals surface area contributed by atoms with Crippen molar-refractivity contribution in [3.8, 4) is 5.69 Å². The topological polar surface area (TPSA) is 55.6 Å². The smallest absolute Gasteiger partial charge is 0.146 e. The molecule has 0 saturated heterocycles. The molecule has 0 fully saturated rings. The van der Waals surface area contributed by atoms with Crippen LogP contribution in [0.5, 0.6) is 0 Å². The molecule has 0 aliphatic carbocycles. The first-order valence-corrected chi connectivity index (χ1v) is 6.55. The van der Waals surface area contributed by atoms with Crippen LogP contribution in [0.3, 0.4) is 0 Å². The molecule has 0 unspecified atom stereocenters. The van der Waals surface area contributed by atoms with E-state index in [2.05, 4.69) is 20.8 Å². The lowest BCUT2D eigenvalue weighted by molar-refractivity contribution is 0.629. The molecule has 0 saturated carbocycles. The molecule has 1 N–H and O–H groups in total. The molecular weight excluding hydrogens is 269 g/mol. The Balaban J connectivity index is 1.78. The fourth-order valence-electron chi connectivity index (χ4n) is 1.97. The van der Waals surface area contributed by atoms with Crippen molar-refractivity contribution in [2.75, 3.05) is 5.32 Å². The van der Waals surface area contributed by atoms with Gasteiger partial charge in [0.05, 0.1) is 11.4 Å². The average Bonchev–Trinajstić information content (AvgIpc) is 3.02. The molecule has 0 amide bonds. The van der Waals surface area contributed by atoms with Gasteiger partial charge in [0.15, 0.2) is 0 Å². The van der Waals surface area contributed by atoms with E-state index in [0.717, 1.165) is 5.56 Å². The van der Waals surface area contributed by atoms with Crippen LogP contribution in [0, 0.1) is 12.7 Å². The summed E-state index contributed by atoms with van der Waals surface area (Å²) < 4.78 is 15.3. The third-order valence-corrected chi connectivity index (χ3v) is 3.17. The molecule has 1 aromatic heterocycles. The lowest BCUT2D eigenvalue weighted by atomic mass is 10.1. The van der Waals surface area contributed by atoms with Gasteiger partial charge in [0.2, 0.25) is 0 Å². The first-order valence-electron chi connectivity index (χ1n) is 6.55. The van der Waals surface area contributed by atoms with Crippen molar-refractivity contribution in [2.45, 2.75) is 13.5 Å². The number of rotatable bonds is 4. The number of aryl methyl sites for hydroxylation is 1. The van der Waals surface area contributed by atoms with Gasteiger partial charge in [-0.05, 0) is 41.1 Å². The van der Waals surface area contributed by atoms with E-state index in [9.17, 15) is 4.39 Å². The lowest BCUT2D eigenvalue weighted by Gasteiger charge is -2.09. The molecule has 0 spiro atoms. The van der Waals surface area contributed by atoms with Gasteiger partial charge in [-0.3, -0.25) is 0 Å². The Labute approximate surface area is 121 Å². The molecule has 106 valence electrons. The molecule has 6 heteroatoms. The van der Waals surface area contributed by atoms with Crippen LogP contribution in [-0.2, 0) is 6.54 Å². The molecule has 0 bridgehead atoms. The minimum Gasteiger partial charge on any atom is -0.379 e. The van der Waals surface area contributed by atoms with E-state index >= 15 is 0 Å². The van der Waals surface area contributed by atoms with Crippen molar-refractivity contribution in [3.05, 3.63) is 65.7 Å². The second kappa shape index (κ2) is 5.70. The Hall–Kier alpha value is -2.76. The van der Waals surface area contributed by atoms with E-state index in [4.69, 9.17) is 0 Å². The molecule has 1 heterocycles. The fraction of sp³-hybridized carbons (Fsp3) is 0.133. The number of nitrogens with zero attached hydrogens (tertiary/aromatic N) is 4. The monoisotopic (exact) mass is 283 g/mol. The zero-order valence-electron chi connectivity index (χ0n) is 11.5. The summed E-state index contributed by atoms with van der Waals surface area (Å²) in [5.74, 6) is -0.307. The molecule has 0 radical (unpaired) electrons. The van der Waals surface area contributed by atoms with Crippen LogP contribution in [0.15, 0.2) is 48.8 Å². The Morgan fingerprint density at radius 3 is 2.67 bits per heavy atom. The molecule has 3 rings (SSSR count). The quantitative estimate of drug-likeness (QED) is 0.800. The molecule has 0 atom stereocenters. The van der Waals surface area contributed by atoms with E-state index in [1.54, 1.807) is 12.1 Å². The summed E-state index contributed by atoms with van der Waals surface area (Å²) in [6.45, 7) is 2.59. The highest BCUT2D eigenvalue weighted by atomic mass is 19.1. The van der Waals surface area contributed by atoms with Crippen molar-refractivity contribution in [3.63, 3.8) is 0 Å². The third kappa shape index (κ3) is 3.05. The largest absolute Gasteiger partial charge is 0.379 e. The average molecular weight is 283 g/mol. The van der Waals surface area contributed by atoms with Gasteiger partial charge in [0.25, 0.3) is 0 Å². The van der Waals surface area contributed by atoms with E-state index in [1.165, 1.54) is 22.6 Å². The summed E-state index contributed by atoms with van der Waals surface area (Å²) in [7, 11) is 0. The summed E-state index contributed by atoms with van der Waals surface area (Å²) in [4.78, 5) is 0. The van der Waals surface area contributed by atoms with Gasteiger partial charge in [-0.15, -0.1) is 5.10 Å². The third-order valence-electron chi connectivity index (χ3n) is 3.17. The number of hydrogen-bond acceptors (Lipinski definition) is 4. The summed E-state index contributed by atoms with van der Waals surface area (Å²) in [5, 5.41) is 14.0. The maximum Gasteiger partial charge on any atom is 0.146 e. The minimum atomic E-state index is -0.307. The van der Waals surface area contributed by atoms with Crippen LogP contribution in [0.25, 0.3) is 5.69 Å². The first-order chi connectivity index (χ1) is 10.2. The predicted octanol–water partition coefficient (Wildman–Crippen LogP) is 2.72. The maximum atomic E-state index is 13.9. The van der Waals surface area contributed by atoms with Crippen LogP contribution >= 0.6 is 0 Å². The van der Waals surface area contributed by atoms with Crippen molar-refractivity contribution in [1.29, 1.82) is 0 Å². The summed E-state index contributed by atoms with van der Waals surface area (Å²) >= 11 is 0. The Bertz CT molecular complexity index is 722. The number of hydrogen-bond donors (Lipinski definition) is 1. The molecule has 0 aliphatic rings. The number of aromatic nitrogens is 4. The Kier molecular flexibility index (Phi) is 3.59. The summed E-state index contributed by atoms with van der Waals surface area (Å²) in [5.41, 5.74) is 3.41. The first kappa shape index (κ1) is 13.2. The molecule has 21 heavy (non-hydrogen) atoms. The highest BCUT2D eigenvalue weighted by molar-refractivity contribution is 5.52. The van der Waals surface area contributed by atoms with Crippen molar-refractivity contribution < 1.29 is 4.39 Å². The minimum absolute atomic E-state index is 0.307. The van der Waals surface area contributed by atoms with Gasteiger partial charge in [-0.25, -0.2) is 9.07 Å². The highest BCUT2D eigenvalue weighted by Gasteiger charge is 2.05. The van der Waals surface area contributed by atoms with Crippen molar-refractivity contribution in [2.24, 2.45) is 0 Å². The fourth-order valence-corrected chi connectivity index (χ4v) is 1.97. The van der Waals surface area contributed by atoms with Crippen LogP contribution in [0.1, 0.15) is 11.1 Å². The van der Waals surface area contributed by atoms with E-state index in [0.29, 0.717) is 17.9 Å². The normalized spacial score (nSPS) is 10.6.